The fourth-order valence-corrected chi connectivity index (χ4v) is 2.39. The highest BCUT2D eigenvalue weighted by atomic mass is 16.6. The van der Waals surface area contributed by atoms with E-state index in [1.54, 1.807) is 12.1 Å². The molecule has 0 bridgehead atoms. The minimum absolute atomic E-state index is 0.0250. The number of benzene rings is 2. The average Bonchev–Trinajstić information content (AvgIpc) is 3.15. The molecule has 0 radical (unpaired) electrons. The predicted molar refractivity (Wildman–Crippen MR) is 103 cm³/mol. The van der Waals surface area contributed by atoms with Crippen molar-refractivity contribution in [3.8, 4) is 11.4 Å². The van der Waals surface area contributed by atoms with Crippen molar-refractivity contribution >= 4 is 18.0 Å². The van der Waals surface area contributed by atoms with Crippen molar-refractivity contribution in [2.24, 2.45) is 0 Å². The van der Waals surface area contributed by atoms with Crippen LogP contribution in [0, 0.1) is 6.92 Å². The summed E-state index contributed by atoms with van der Waals surface area (Å²) in [6.07, 6.45) is 1.54. The van der Waals surface area contributed by atoms with Crippen molar-refractivity contribution in [1.82, 2.24) is 15.5 Å². The van der Waals surface area contributed by atoms with Gasteiger partial charge < -0.3 is 14.6 Å². The molecule has 1 aromatic heterocycles. The number of rotatable bonds is 6. The van der Waals surface area contributed by atoms with Gasteiger partial charge in [-0.25, -0.2) is 4.79 Å². The maximum Gasteiger partial charge on any atom is 0.355 e. The number of amides is 1. The molecule has 7 nitrogen and oxygen atoms in total. The molecular weight excluding hydrogens is 358 g/mol. The lowest BCUT2D eigenvalue weighted by Crippen LogP contribution is -2.26. The molecule has 7 heteroatoms. The van der Waals surface area contributed by atoms with Crippen LogP contribution in [0.15, 0.2) is 64.8 Å². The van der Waals surface area contributed by atoms with E-state index < -0.39 is 5.97 Å². The van der Waals surface area contributed by atoms with E-state index in [-0.39, 0.29) is 24.1 Å². The first-order valence-electron chi connectivity index (χ1n) is 8.62. The van der Waals surface area contributed by atoms with Crippen LogP contribution in [0.3, 0.4) is 0 Å². The molecule has 3 aromatic rings. The molecule has 0 saturated heterocycles. The Labute approximate surface area is 162 Å². The Bertz CT molecular complexity index is 992. The molecule has 142 valence electrons. The Morgan fingerprint density at radius 2 is 1.82 bits per heavy atom. The summed E-state index contributed by atoms with van der Waals surface area (Å²) in [5.41, 5.74) is 2.70. The van der Waals surface area contributed by atoms with Gasteiger partial charge in [0.25, 0.3) is 5.89 Å². The minimum Gasteiger partial charge on any atom is -0.451 e. The molecule has 1 N–H and O–H groups in total. The van der Waals surface area contributed by atoms with Crippen LogP contribution in [0.2, 0.25) is 0 Å². The predicted octanol–water partition coefficient (Wildman–Crippen LogP) is 3.27. The third-order valence-corrected chi connectivity index (χ3v) is 3.75. The van der Waals surface area contributed by atoms with Crippen LogP contribution in [0.25, 0.3) is 17.5 Å². The second-order valence-corrected chi connectivity index (χ2v) is 6.10. The number of aromatic nitrogens is 2. The molecule has 0 unspecified atom stereocenters. The summed E-state index contributed by atoms with van der Waals surface area (Å²) in [4.78, 5) is 28.0. The first-order valence-corrected chi connectivity index (χ1v) is 8.62. The third kappa shape index (κ3) is 5.14. The minimum atomic E-state index is -0.700. The molecule has 0 spiro atoms. The lowest BCUT2D eigenvalue weighted by molar-refractivity contribution is -0.142. The van der Waals surface area contributed by atoms with Crippen LogP contribution < -0.4 is 5.32 Å². The van der Waals surface area contributed by atoms with Gasteiger partial charge in [-0.05, 0) is 18.6 Å². The molecule has 1 heterocycles. The van der Waals surface area contributed by atoms with Gasteiger partial charge in [0.2, 0.25) is 11.7 Å². The standard InChI is InChI=1S/C21H19N3O4/c1-14-8-10-17(11-9-14)20-23-19(28-24-20)13-27-21(26)18(22-15(2)25)12-16-6-4-3-5-7-16/h3-12H,13H2,1-2H3,(H,22,25)/b18-12-. The van der Waals surface area contributed by atoms with E-state index in [4.69, 9.17) is 9.26 Å². The molecule has 0 saturated carbocycles. The maximum absolute atomic E-state index is 12.4. The van der Waals surface area contributed by atoms with E-state index in [0.29, 0.717) is 5.82 Å². The van der Waals surface area contributed by atoms with Gasteiger partial charge in [0.15, 0.2) is 6.61 Å². The zero-order valence-electron chi connectivity index (χ0n) is 15.5. The topological polar surface area (TPSA) is 94.3 Å². The molecule has 28 heavy (non-hydrogen) atoms. The van der Waals surface area contributed by atoms with E-state index in [1.165, 1.54) is 13.0 Å². The van der Waals surface area contributed by atoms with Crippen molar-refractivity contribution in [3.63, 3.8) is 0 Å². The molecule has 0 atom stereocenters. The number of nitrogens with one attached hydrogen (secondary N) is 1. The summed E-state index contributed by atoms with van der Waals surface area (Å²) in [5.74, 6) is -0.508. The van der Waals surface area contributed by atoms with Crippen LogP contribution in [0.4, 0.5) is 0 Å². The monoisotopic (exact) mass is 377 g/mol. The zero-order chi connectivity index (χ0) is 19.9. The molecule has 0 aliphatic carbocycles. The molecule has 0 fully saturated rings. The maximum atomic E-state index is 12.4. The van der Waals surface area contributed by atoms with Gasteiger partial charge in [0.1, 0.15) is 5.70 Å². The lowest BCUT2D eigenvalue weighted by atomic mass is 10.1. The van der Waals surface area contributed by atoms with Crippen molar-refractivity contribution in [2.75, 3.05) is 0 Å². The van der Waals surface area contributed by atoms with Crippen LogP contribution in [-0.4, -0.2) is 22.0 Å². The number of aryl methyl sites for hydroxylation is 1. The first-order chi connectivity index (χ1) is 13.5. The Hall–Kier alpha value is -3.74. The van der Waals surface area contributed by atoms with Gasteiger partial charge in [-0.3, -0.25) is 4.79 Å². The summed E-state index contributed by atoms with van der Waals surface area (Å²) in [6.45, 7) is 3.10. The molecule has 0 aliphatic rings. The summed E-state index contributed by atoms with van der Waals surface area (Å²) < 4.78 is 10.3. The summed E-state index contributed by atoms with van der Waals surface area (Å²) in [7, 11) is 0. The number of ether oxygens (including phenoxy) is 1. The van der Waals surface area contributed by atoms with E-state index in [2.05, 4.69) is 15.5 Å². The Morgan fingerprint density at radius 1 is 1.11 bits per heavy atom. The highest BCUT2D eigenvalue weighted by Crippen LogP contribution is 2.17. The van der Waals surface area contributed by atoms with Gasteiger partial charge >= 0.3 is 5.97 Å². The normalized spacial score (nSPS) is 11.1. The second-order valence-electron chi connectivity index (χ2n) is 6.10. The SMILES string of the molecule is CC(=O)N/C(=C\c1ccccc1)C(=O)OCc1nc(-c2ccc(C)cc2)no1. The second kappa shape index (κ2) is 8.77. The van der Waals surface area contributed by atoms with Crippen LogP contribution in [-0.2, 0) is 20.9 Å². The van der Waals surface area contributed by atoms with Crippen molar-refractivity contribution < 1.29 is 18.8 Å². The lowest BCUT2D eigenvalue weighted by Gasteiger charge is -2.07. The molecular formula is C21H19N3O4. The Morgan fingerprint density at radius 3 is 2.50 bits per heavy atom. The fraction of sp³-hybridized carbons (Fsp3) is 0.143. The molecule has 3 rings (SSSR count). The molecule has 2 aromatic carbocycles. The number of hydrogen-bond acceptors (Lipinski definition) is 6. The van der Waals surface area contributed by atoms with Crippen molar-refractivity contribution in [1.29, 1.82) is 0 Å². The average molecular weight is 377 g/mol. The van der Waals surface area contributed by atoms with Gasteiger partial charge in [-0.2, -0.15) is 4.98 Å². The van der Waals surface area contributed by atoms with E-state index in [1.807, 2.05) is 49.4 Å². The highest BCUT2D eigenvalue weighted by molar-refractivity contribution is 5.97. The molecule has 0 aliphatic heterocycles. The van der Waals surface area contributed by atoms with Crippen molar-refractivity contribution in [3.05, 3.63) is 77.3 Å². The number of esters is 1. The molecule has 1 amide bonds. The smallest absolute Gasteiger partial charge is 0.355 e. The quantitative estimate of drug-likeness (QED) is 0.523. The number of carbonyl (C=O) groups is 2. The zero-order valence-corrected chi connectivity index (χ0v) is 15.5. The fourth-order valence-electron chi connectivity index (χ4n) is 2.39. The summed E-state index contributed by atoms with van der Waals surface area (Å²) in [5, 5.41) is 6.38. The third-order valence-electron chi connectivity index (χ3n) is 3.75. The number of hydrogen-bond donors (Lipinski definition) is 1. The number of carbonyl (C=O) groups excluding carboxylic acids is 2. The highest BCUT2D eigenvalue weighted by Gasteiger charge is 2.16. The van der Waals surface area contributed by atoms with Crippen LogP contribution >= 0.6 is 0 Å². The van der Waals surface area contributed by atoms with Gasteiger partial charge in [-0.1, -0.05) is 65.3 Å². The summed E-state index contributed by atoms with van der Waals surface area (Å²) in [6, 6.07) is 16.8. The number of nitrogens with zero attached hydrogens (tertiary/aromatic N) is 2. The van der Waals surface area contributed by atoms with Crippen LogP contribution in [0.5, 0.6) is 0 Å². The van der Waals surface area contributed by atoms with E-state index in [9.17, 15) is 9.59 Å². The van der Waals surface area contributed by atoms with Gasteiger partial charge in [0, 0.05) is 12.5 Å². The Kier molecular flexibility index (Phi) is 5.96. The Balaban J connectivity index is 1.68. The van der Waals surface area contributed by atoms with E-state index >= 15 is 0 Å². The van der Waals surface area contributed by atoms with Crippen molar-refractivity contribution in [2.45, 2.75) is 20.5 Å². The van der Waals surface area contributed by atoms with E-state index in [0.717, 1.165) is 16.7 Å². The van der Waals surface area contributed by atoms with Crippen LogP contribution in [0.1, 0.15) is 23.9 Å². The largest absolute Gasteiger partial charge is 0.451 e. The summed E-state index contributed by atoms with van der Waals surface area (Å²) >= 11 is 0. The van der Waals surface area contributed by atoms with Gasteiger partial charge in [0.05, 0.1) is 0 Å². The first kappa shape index (κ1) is 19.0. The van der Waals surface area contributed by atoms with Gasteiger partial charge in [-0.15, -0.1) is 0 Å².